The summed E-state index contributed by atoms with van der Waals surface area (Å²) in [5.74, 6) is -2.16. The Morgan fingerprint density at radius 1 is 1.35 bits per heavy atom. The highest BCUT2D eigenvalue weighted by atomic mass is 19.1. The molecule has 1 fully saturated rings. The Labute approximate surface area is 97.7 Å². The molecule has 4 nitrogen and oxygen atoms in total. The van der Waals surface area contributed by atoms with Crippen LogP contribution in [0.1, 0.15) is 15.9 Å². The molecule has 17 heavy (non-hydrogen) atoms. The highest BCUT2D eigenvalue weighted by molar-refractivity contribution is 5.95. The van der Waals surface area contributed by atoms with Gasteiger partial charge in [-0.25, -0.2) is 4.39 Å². The lowest BCUT2D eigenvalue weighted by Crippen LogP contribution is -2.53. The Morgan fingerprint density at radius 3 is 2.53 bits per heavy atom. The van der Waals surface area contributed by atoms with E-state index in [1.807, 2.05) is 0 Å². The van der Waals surface area contributed by atoms with Crippen molar-refractivity contribution in [3.05, 3.63) is 35.1 Å². The van der Waals surface area contributed by atoms with Gasteiger partial charge in [-0.15, -0.1) is 0 Å². The molecule has 0 atom stereocenters. The predicted octanol–water partition coefficient (Wildman–Crippen LogP) is 1.29. The molecule has 0 spiro atoms. The lowest BCUT2D eigenvalue weighted by Gasteiger charge is -2.36. The van der Waals surface area contributed by atoms with Crippen LogP contribution >= 0.6 is 0 Å². The van der Waals surface area contributed by atoms with Gasteiger partial charge >= 0.3 is 5.97 Å². The van der Waals surface area contributed by atoms with E-state index in [9.17, 15) is 14.0 Å². The second-order valence-electron chi connectivity index (χ2n) is 4.26. The largest absolute Gasteiger partial charge is 0.481 e. The molecule has 0 unspecified atom stereocenters. The minimum atomic E-state index is -0.899. The van der Waals surface area contributed by atoms with Crippen LogP contribution in [-0.4, -0.2) is 35.0 Å². The van der Waals surface area contributed by atoms with E-state index < -0.39 is 17.7 Å². The number of amides is 1. The molecular weight excluding hydrogens is 225 g/mol. The normalized spacial score (nSPS) is 15.5. The number of carbonyl (C=O) groups excluding carboxylic acids is 1. The molecule has 90 valence electrons. The van der Waals surface area contributed by atoms with E-state index in [1.165, 1.54) is 17.0 Å². The van der Waals surface area contributed by atoms with E-state index in [1.54, 1.807) is 13.0 Å². The fourth-order valence-corrected chi connectivity index (χ4v) is 1.84. The van der Waals surface area contributed by atoms with E-state index in [0.717, 1.165) is 0 Å². The van der Waals surface area contributed by atoms with Crippen molar-refractivity contribution in [2.24, 2.45) is 5.92 Å². The summed E-state index contributed by atoms with van der Waals surface area (Å²) < 4.78 is 13.1. The Hall–Kier alpha value is -1.91. The Kier molecular flexibility index (Phi) is 2.83. The van der Waals surface area contributed by atoms with Crippen LogP contribution in [-0.2, 0) is 4.79 Å². The molecule has 1 saturated heterocycles. The number of rotatable bonds is 2. The fraction of sp³-hybridized carbons (Fsp3) is 0.333. The third kappa shape index (κ3) is 2.27. The SMILES string of the molecule is Cc1cc(F)cc(C(=O)N2CC(C(=O)O)C2)c1. The summed E-state index contributed by atoms with van der Waals surface area (Å²) in [6, 6.07) is 4.11. The topological polar surface area (TPSA) is 57.6 Å². The van der Waals surface area contributed by atoms with Crippen molar-refractivity contribution in [3.63, 3.8) is 0 Å². The highest BCUT2D eigenvalue weighted by Crippen LogP contribution is 2.19. The molecule has 1 amide bonds. The maximum Gasteiger partial charge on any atom is 0.310 e. The van der Waals surface area contributed by atoms with Gasteiger partial charge in [-0.3, -0.25) is 9.59 Å². The van der Waals surface area contributed by atoms with Gasteiger partial charge in [-0.2, -0.15) is 0 Å². The van der Waals surface area contributed by atoms with E-state index in [0.29, 0.717) is 5.56 Å². The second-order valence-corrected chi connectivity index (χ2v) is 4.26. The number of carboxylic acid groups (broad SMARTS) is 1. The van der Waals surface area contributed by atoms with Gasteiger partial charge in [0.05, 0.1) is 5.92 Å². The van der Waals surface area contributed by atoms with Gasteiger partial charge in [0.2, 0.25) is 0 Å². The van der Waals surface area contributed by atoms with Crippen molar-refractivity contribution in [2.45, 2.75) is 6.92 Å². The predicted molar refractivity (Wildman–Crippen MR) is 58.2 cm³/mol. The molecule has 1 aromatic carbocycles. The number of halogens is 1. The second kappa shape index (κ2) is 4.16. The Bertz CT molecular complexity index is 460. The highest BCUT2D eigenvalue weighted by Gasteiger charge is 2.35. The zero-order chi connectivity index (χ0) is 12.6. The van der Waals surface area contributed by atoms with Gasteiger partial charge in [-0.05, 0) is 30.7 Å². The third-order valence-corrected chi connectivity index (χ3v) is 2.81. The first kappa shape index (κ1) is 11.6. The van der Waals surface area contributed by atoms with Crippen molar-refractivity contribution >= 4 is 11.9 Å². The monoisotopic (exact) mass is 237 g/mol. The first-order valence-electron chi connectivity index (χ1n) is 5.26. The quantitative estimate of drug-likeness (QED) is 0.843. The van der Waals surface area contributed by atoms with E-state index >= 15 is 0 Å². The number of nitrogens with zero attached hydrogens (tertiary/aromatic N) is 1. The lowest BCUT2D eigenvalue weighted by atomic mass is 9.99. The molecule has 0 saturated carbocycles. The minimum Gasteiger partial charge on any atom is -0.481 e. The number of aliphatic carboxylic acids is 1. The van der Waals surface area contributed by atoms with Crippen molar-refractivity contribution in [1.82, 2.24) is 4.90 Å². The summed E-state index contributed by atoms with van der Waals surface area (Å²) in [6.45, 7) is 2.10. The van der Waals surface area contributed by atoms with Crippen molar-refractivity contribution in [2.75, 3.05) is 13.1 Å². The number of carboxylic acids is 1. The number of aryl methyl sites for hydroxylation is 1. The zero-order valence-electron chi connectivity index (χ0n) is 9.31. The molecule has 1 aromatic rings. The maximum atomic E-state index is 13.1. The van der Waals surface area contributed by atoms with Crippen LogP contribution in [0.3, 0.4) is 0 Å². The molecule has 2 rings (SSSR count). The molecule has 1 N–H and O–H groups in total. The average molecular weight is 237 g/mol. The van der Waals surface area contributed by atoms with Crippen LogP contribution in [0.25, 0.3) is 0 Å². The standard InChI is InChI=1S/C12H12FNO3/c1-7-2-8(4-10(13)3-7)11(15)14-5-9(6-14)12(16)17/h2-4,9H,5-6H2,1H3,(H,16,17). The Morgan fingerprint density at radius 2 is 2.00 bits per heavy atom. The average Bonchev–Trinajstić information content (AvgIpc) is 2.12. The number of likely N-dealkylation sites (tertiary alicyclic amines) is 1. The molecule has 5 heteroatoms. The van der Waals surface area contributed by atoms with Crippen molar-refractivity contribution in [1.29, 1.82) is 0 Å². The number of hydrogen-bond donors (Lipinski definition) is 1. The van der Waals surface area contributed by atoms with Gasteiger partial charge < -0.3 is 10.0 Å². The summed E-state index contributed by atoms with van der Waals surface area (Å²) in [4.78, 5) is 23.9. The van der Waals surface area contributed by atoms with Crippen LogP contribution in [0, 0.1) is 18.7 Å². The minimum absolute atomic E-state index is 0.198. The molecule has 0 bridgehead atoms. The third-order valence-electron chi connectivity index (χ3n) is 2.81. The zero-order valence-corrected chi connectivity index (χ0v) is 9.31. The van der Waals surface area contributed by atoms with Crippen LogP contribution < -0.4 is 0 Å². The van der Waals surface area contributed by atoms with Crippen LogP contribution in [0.5, 0.6) is 0 Å². The van der Waals surface area contributed by atoms with Crippen molar-refractivity contribution < 1.29 is 19.1 Å². The fourth-order valence-electron chi connectivity index (χ4n) is 1.84. The number of benzene rings is 1. The molecule has 0 radical (unpaired) electrons. The van der Waals surface area contributed by atoms with E-state index in [2.05, 4.69) is 0 Å². The summed E-state index contributed by atoms with van der Waals surface area (Å²) >= 11 is 0. The van der Waals surface area contributed by atoms with Gasteiger partial charge in [0.25, 0.3) is 5.91 Å². The molecule has 0 aromatic heterocycles. The summed E-state index contributed by atoms with van der Waals surface area (Å²) in [5.41, 5.74) is 0.940. The molecular formula is C12H12FNO3. The Balaban J connectivity index is 2.09. The van der Waals surface area contributed by atoms with Crippen LogP contribution in [0.4, 0.5) is 4.39 Å². The summed E-state index contributed by atoms with van der Waals surface area (Å²) in [5, 5.41) is 8.69. The van der Waals surface area contributed by atoms with Gasteiger partial charge in [0.15, 0.2) is 0 Å². The molecule has 1 heterocycles. The van der Waals surface area contributed by atoms with Gasteiger partial charge in [0.1, 0.15) is 5.82 Å². The molecule has 0 aliphatic carbocycles. The summed E-state index contributed by atoms with van der Waals surface area (Å²) in [6.07, 6.45) is 0. The first-order valence-corrected chi connectivity index (χ1v) is 5.26. The van der Waals surface area contributed by atoms with E-state index in [4.69, 9.17) is 5.11 Å². The maximum absolute atomic E-state index is 13.1. The smallest absolute Gasteiger partial charge is 0.310 e. The van der Waals surface area contributed by atoms with Gasteiger partial charge in [-0.1, -0.05) is 0 Å². The lowest BCUT2D eigenvalue weighted by molar-refractivity contribution is -0.146. The summed E-state index contributed by atoms with van der Waals surface area (Å²) in [7, 11) is 0. The van der Waals surface area contributed by atoms with Crippen LogP contribution in [0.15, 0.2) is 18.2 Å². The molecule has 1 aliphatic heterocycles. The number of carbonyl (C=O) groups is 2. The molecule has 1 aliphatic rings. The van der Waals surface area contributed by atoms with Crippen molar-refractivity contribution in [3.8, 4) is 0 Å². The number of hydrogen-bond acceptors (Lipinski definition) is 2. The first-order chi connectivity index (χ1) is 7.97. The van der Waals surface area contributed by atoms with Crippen LogP contribution in [0.2, 0.25) is 0 Å². The van der Waals surface area contributed by atoms with E-state index in [-0.39, 0.29) is 24.6 Å². The van der Waals surface area contributed by atoms with Gasteiger partial charge in [0, 0.05) is 18.7 Å².